The molecule has 0 bridgehead atoms. The average molecular weight is 622 g/mol. The fourth-order valence-corrected chi connectivity index (χ4v) is 4.16. The average Bonchev–Trinajstić information content (AvgIpc) is 2.91. The first-order valence-corrected chi connectivity index (χ1v) is 12.2. The van der Waals surface area contributed by atoms with Gasteiger partial charge in [-0.3, -0.25) is 19.1 Å². The molecule has 0 saturated carbocycles. The minimum atomic E-state index is -5.09. The van der Waals surface area contributed by atoms with Crippen LogP contribution in [0.15, 0.2) is 52.6 Å². The van der Waals surface area contributed by atoms with Crippen LogP contribution in [0.3, 0.4) is 0 Å². The molecule has 0 radical (unpaired) electrons. The van der Waals surface area contributed by atoms with E-state index in [0.29, 0.717) is 12.4 Å². The van der Waals surface area contributed by atoms with Crippen LogP contribution < -0.4 is 16.4 Å². The predicted octanol–water partition coefficient (Wildman–Crippen LogP) is 5.22. The Morgan fingerprint density at radius 1 is 1.00 bits per heavy atom. The summed E-state index contributed by atoms with van der Waals surface area (Å²) in [6.07, 6.45) is -7.56. The van der Waals surface area contributed by atoms with Crippen LogP contribution in [0.4, 0.5) is 45.2 Å². The van der Waals surface area contributed by atoms with Crippen LogP contribution in [0.25, 0.3) is 22.2 Å². The molecule has 43 heavy (non-hydrogen) atoms. The topological polar surface area (TPSA) is 115 Å². The lowest BCUT2D eigenvalue weighted by atomic mass is 10.1. The smallest absolute Gasteiger partial charge is 0.378 e. The van der Waals surface area contributed by atoms with Crippen molar-refractivity contribution in [1.29, 1.82) is 0 Å². The molecular formula is C25H19F9N6O3. The summed E-state index contributed by atoms with van der Waals surface area (Å²) < 4.78 is 124. The van der Waals surface area contributed by atoms with Gasteiger partial charge in [-0.1, -0.05) is 0 Å². The molecule has 0 aliphatic rings. The Hall–Kier alpha value is -4.48. The summed E-state index contributed by atoms with van der Waals surface area (Å²) in [7, 11) is 0. The molecule has 4 aromatic rings. The number of alkyl halides is 8. The SMILES string of the molecule is O=c1[nH]ncc(N[C@H](CCCn2cnc3cc(-c4ccc(C(F)(F)F)cn4)c(F)cc3c2=O)COC(F)F)c1C(F)(F)F. The second-order valence-electron chi connectivity index (χ2n) is 9.09. The summed E-state index contributed by atoms with van der Waals surface area (Å²) in [5.74, 6) is -0.961. The number of aromatic amines is 1. The molecule has 1 atom stereocenters. The molecule has 0 spiro atoms. The summed E-state index contributed by atoms with van der Waals surface area (Å²) >= 11 is 0. The summed E-state index contributed by atoms with van der Waals surface area (Å²) in [5.41, 5.74) is -6.02. The van der Waals surface area contributed by atoms with E-state index in [0.717, 1.165) is 35.2 Å². The van der Waals surface area contributed by atoms with E-state index in [4.69, 9.17) is 0 Å². The molecule has 3 aromatic heterocycles. The molecule has 18 heteroatoms. The van der Waals surface area contributed by atoms with Gasteiger partial charge in [-0.25, -0.2) is 14.5 Å². The van der Waals surface area contributed by atoms with Gasteiger partial charge in [-0.05, 0) is 37.1 Å². The number of H-pyrrole nitrogens is 1. The molecule has 0 aliphatic carbocycles. The molecule has 9 nitrogen and oxygen atoms in total. The maximum absolute atomic E-state index is 14.9. The van der Waals surface area contributed by atoms with Crippen molar-refractivity contribution in [2.75, 3.05) is 11.9 Å². The maximum Gasteiger partial charge on any atom is 0.423 e. The number of hydrogen-bond acceptors (Lipinski definition) is 7. The lowest BCUT2D eigenvalue weighted by Crippen LogP contribution is -2.32. The molecule has 0 unspecified atom stereocenters. The number of hydrogen-bond donors (Lipinski definition) is 2. The number of rotatable bonds is 10. The van der Waals surface area contributed by atoms with E-state index >= 15 is 0 Å². The van der Waals surface area contributed by atoms with Gasteiger partial charge in [0, 0.05) is 24.3 Å². The van der Waals surface area contributed by atoms with Gasteiger partial charge in [0.15, 0.2) is 0 Å². The summed E-state index contributed by atoms with van der Waals surface area (Å²) in [6, 6.07) is 2.49. The Morgan fingerprint density at radius 3 is 2.37 bits per heavy atom. The fourth-order valence-electron chi connectivity index (χ4n) is 4.16. The Labute approximate surface area is 234 Å². The van der Waals surface area contributed by atoms with Gasteiger partial charge in [0.1, 0.15) is 11.4 Å². The van der Waals surface area contributed by atoms with Gasteiger partial charge in [0.2, 0.25) is 0 Å². The highest BCUT2D eigenvalue weighted by atomic mass is 19.4. The highest BCUT2D eigenvalue weighted by Gasteiger charge is 2.38. The Balaban J connectivity index is 1.52. The number of anilines is 1. The molecule has 1 aromatic carbocycles. The highest BCUT2D eigenvalue weighted by Crippen LogP contribution is 2.33. The first kappa shape index (κ1) is 31.5. The lowest BCUT2D eigenvalue weighted by molar-refractivity contribution is -0.139. The van der Waals surface area contributed by atoms with Gasteiger partial charge in [-0.2, -0.15) is 40.2 Å². The van der Waals surface area contributed by atoms with Crippen molar-refractivity contribution in [1.82, 2.24) is 24.7 Å². The van der Waals surface area contributed by atoms with Crippen molar-refractivity contribution in [2.24, 2.45) is 0 Å². The van der Waals surface area contributed by atoms with Crippen LogP contribution >= 0.6 is 0 Å². The van der Waals surface area contributed by atoms with Crippen molar-refractivity contribution >= 4 is 16.6 Å². The normalized spacial score (nSPS) is 13.1. The Morgan fingerprint density at radius 2 is 1.74 bits per heavy atom. The van der Waals surface area contributed by atoms with Gasteiger partial charge in [-0.15, -0.1) is 0 Å². The third kappa shape index (κ3) is 7.49. The van der Waals surface area contributed by atoms with E-state index in [1.54, 1.807) is 5.10 Å². The lowest BCUT2D eigenvalue weighted by Gasteiger charge is -2.22. The number of fused-ring (bicyclic) bond motifs is 1. The second kappa shape index (κ2) is 12.4. The van der Waals surface area contributed by atoms with Gasteiger partial charge < -0.3 is 10.1 Å². The number of benzene rings is 1. The fraction of sp³-hybridized carbons (Fsp3) is 0.320. The number of ether oxygens (including phenoxy) is 1. The zero-order chi connectivity index (χ0) is 31.5. The number of nitrogens with zero attached hydrogens (tertiary/aromatic N) is 4. The number of aryl methyl sites for hydroxylation is 1. The van der Waals surface area contributed by atoms with E-state index in [-0.39, 0.29) is 41.5 Å². The van der Waals surface area contributed by atoms with Crippen LogP contribution in [0, 0.1) is 5.82 Å². The summed E-state index contributed by atoms with van der Waals surface area (Å²) in [4.78, 5) is 32.4. The second-order valence-corrected chi connectivity index (χ2v) is 9.09. The number of nitrogens with one attached hydrogen (secondary N) is 2. The van der Waals surface area contributed by atoms with Crippen LogP contribution in [0.2, 0.25) is 0 Å². The maximum atomic E-state index is 14.9. The molecular weight excluding hydrogens is 603 g/mol. The molecule has 230 valence electrons. The van der Waals surface area contributed by atoms with E-state index < -0.39 is 65.4 Å². The van der Waals surface area contributed by atoms with Gasteiger partial charge in [0.05, 0.1) is 47.0 Å². The van der Waals surface area contributed by atoms with Gasteiger partial charge >= 0.3 is 19.0 Å². The van der Waals surface area contributed by atoms with E-state index in [2.05, 4.69) is 25.1 Å². The van der Waals surface area contributed by atoms with E-state index in [1.165, 1.54) is 0 Å². The molecule has 0 saturated heterocycles. The minimum Gasteiger partial charge on any atom is -0.378 e. The third-order valence-electron chi connectivity index (χ3n) is 6.15. The van der Waals surface area contributed by atoms with Crippen LogP contribution in [-0.4, -0.2) is 44.0 Å². The van der Waals surface area contributed by atoms with Crippen molar-refractivity contribution in [3.8, 4) is 11.3 Å². The molecule has 3 heterocycles. The molecule has 0 fully saturated rings. The molecule has 4 rings (SSSR count). The van der Waals surface area contributed by atoms with Crippen LogP contribution in [0.5, 0.6) is 0 Å². The van der Waals surface area contributed by atoms with Crippen molar-refractivity contribution < 1.29 is 44.3 Å². The van der Waals surface area contributed by atoms with Crippen LogP contribution in [-0.2, 0) is 23.6 Å². The van der Waals surface area contributed by atoms with Crippen molar-refractivity contribution in [2.45, 2.75) is 44.4 Å². The molecule has 2 N–H and O–H groups in total. The highest BCUT2D eigenvalue weighted by molar-refractivity contribution is 5.83. The predicted molar refractivity (Wildman–Crippen MR) is 133 cm³/mol. The number of halogens is 9. The van der Waals surface area contributed by atoms with Crippen molar-refractivity contribution in [3.05, 3.63) is 80.6 Å². The number of pyridine rings is 1. The van der Waals surface area contributed by atoms with Crippen molar-refractivity contribution in [3.63, 3.8) is 0 Å². The van der Waals surface area contributed by atoms with Crippen LogP contribution in [0.1, 0.15) is 24.0 Å². The summed E-state index contributed by atoms with van der Waals surface area (Å²) in [5, 5.41) is 7.10. The van der Waals surface area contributed by atoms with E-state index in [1.807, 2.05) is 0 Å². The van der Waals surface area contributed by atoms with Gasteiger partial charge in [0.25, 0.3) is 11.1 Å². The largest absolute Gasteiger partial charge is 0.423 e. The first-order valence-electron chi connectivity index (χ1n) is 12.2. The standard InChI is InChI=1S/C25H19F9N6O3/c26-16-6-15-18(7-14(16)17-4-3-12(8-35-17)24(29,30)31)36-11-40(22(15)42)5-1-2-13(10-43-23(27)28)38-19-9-37-39-21(41)20(19)25(32,33)34/h3-4,6-9,11,13,23H,1-2,5,10H2,(H2,38,39,41)/t13-/m1/s1. The Kier molecular flexibility index (Phi) is 9.07. The summed E-state index contributed by atoms with van der Waals surface area (Å²) in [6.45, 7) is -4.13. The third-order valence-corrected chi connectivity index (χ3v) is 6.15. The zero-order valence-electron chi connectivity index (χ0n) is 21.4. The van der Waals surface area contributed by atoms with E-state index in [9.17, 15) is 49.1 Å². The monoisotopic (exact) mass is 622 g/mol. The Bertz CT molecular complexity index is 1700. The quantitative estimate of drug-likeness (QED) is 0.233. The molecule has 0 amide bonds. The minimum absolute atomic E-state index is 0.00528. The first-order chi connectivity index (χ1) is 20.1. The molecule has 0 aliphatic heterocycles. The zero-order valence-corrected chi connectivity index (χ0v) is 21.4. The number of aromatic nitrogens is 5.